The van der Waals surface area contributed by atoms with Crippen LogP contribution in [0.3, 0.4) is 0 Å². The molecular formula is C16H22N2O4. The Kier molecular flexibility index (Phi) is 6.10. The van der Waals surface area contributed by atoms with Crippen LogP contribution in [0.25, 0.3) is 0 Å². The average molecular weight is 306 g/mol. The average Bonchev–Trinajstić information content (AvgIpc) is 2.40. The molecule has 1 aromatic rings. The van der Waals surface area contributed by atoms with Crippen molar-refractivity contribution in [3.63, 3.8) is 0 Å². The van der Waals surface area contributed by atoms with Gasteiger partial charge in [0, 0.05) is 5.56 Å². The van der Waals surface area contributed by atoms with Crippen molar-refractivity contribution in [2.75, 3.05) is 6.54 Å². The standard InChI is InChI=1S/C16H22N2O4/c1-9(2)14(16(21)22)18-13(19)8-17-15(20)12-6-10(3)5-11(4)7-12/h5-7,9,14H,8H2,1-4H3,(H,17,20)(H,18,19)(H,21,22)/t14-/m0/s1. The molecular weight excluding hydrogens is 284 g/mol. The van der Waals surface area contributed by atoms with Crippen LogP contribution in [-0.4, -0.2) is 35.5 Å². The molecule has 0 heterocycles. The number of hydrogen-bond acceptors (Lipinski definition) is 3. The maximum atomic E-state index is 12.0. The van der Waals surface area contributed by atoms with E-state index in [1.807, 2.05) is 19.9 Å². The molecule has 0 aromatic heterocycles. The first-order valence-corrected chi connectivity index (χ1v) is 7.09. The topological polar surface area (TPSA) is 95.5 Å². The van der Waals surface area contributed by atoms with Crippen LogP contribution in [0.1, 0.15) is 35.3 Å². The number of amides is 2. The van der Waals surface area contributed by atoms with Gasteiger partial charge in [-0.3, -0.25) is 9.59 Å². The summed E-state index contributed by atoms with van der Waals surface area (Å²) in [5, 5.41) is 13.9. The molecule has 2 amide bonds. The lowest BCUT2D eigenvalue weighted by molar-refractivity contribution is -0.142. The fraction of sp³-hybridized carbons (Fsp3) is 0.438. The van der Waals surface area contributed by atoms with Crippen molar-refractivity contribution in [2.45, 2.75) is 33.7 Å². The van der Waals surface area contributed by atoms with Crippen LogP contribution in [0.4, 0.5) is 0 Å². The van der Waals surface area contributed by atoms with E-state index in [0.29, 0.717) is 5.56 Å². The monoisotopic (exact) mass is 306 g/mol. The predicted molar refractivity (Wildman–Crippen MR) is 82.7 cm³/mol. The largest absolute Gasteiger partial charge is 0.480 e. The molecule has 0 bridgehead atoms. The highest BCUT2D eigenvalue weighted by atomic mass is 16.4. The molecule has 0 fully saturated rings. The Morgan fingerprint density at radius 2 is 1.64 bits per heavy atom. The van der Waals surface area contributed by atoms with Gasteiger partial charge in [-0.05, 0) is 31.9 Å². The van der Waals surface area contributed by atoms with E-state index in [9.17, 15) is 14.4 Å². The molecule has 0 unspecified atom stereocenters. The molecule has 6 heteroatoms. The Morgan fingerprint density at radius 3 is 2.09 bits per heavy atom. The fourth-order valence-electron chi connectivity index (χ4n) is 2.11. The van der Waals surface area contributed by atoms with Crippen molar-refractivity contribution >= 4 is 17.8 Å². The van der Waals surface area contributed by atoms with Crippen LogP contribution >= 0.6 is 0 Å². The van der Waals surface area contributed by atoms with Gasteiger partial charge in [0.05, 0.1) is 6.54 Å². The number of carbonyl (C=O) groups is 3. The van der Waals surface area contributed by atoms with Crippen LogP contribution in [0.5, 0.6) is 0 Å². The van der Waals surface area contributed by atoms with Crippen molar-refractivity contribution in [2.24, 2.45) is 5.92 Å². The van der Waals surface area contributed by atoms with Crippen molar-refractivity contribution in [3.05, 3.63) is 34.9 Å². The van der Waals surface area contributed by atoms with E-state index in [1.165, 1.54) is 0 Å². The summed E-state index contributed by atoms with van der Waals surface area (Å²) in [5.41, 5.74) is 2.39. The Bertz CT molecular complexity index is 561. The third-order valence-corrected chi connectivity index (χ3v) is 3.14. The van der Waals surface area contributed by atoms with Crippen LogP contribution in [0.2, 0.25) is 0 Å². The number of carbonyl (C=O) groups excluding carboxylic acids is 2. The van der Waals surface area contributed by atoms with Gasteiger partial charge in [0.15, 0.2) is 0 Å². The zero-order valence-corrected chi connectivity index (χ0v) is 13.3. The second-order valence-corrected chi connectivity index (χ2v) is 5.69. The van der Waals surface area contributed by atoms with Crippen molar-refractivity contribution in [3.8, 4) is 0 Å². The maximum absolute atomic E-state index is 12.0. The molecule has 0 spiro atoms. The minimum absolute atomic E-state index is 0.239. The van der Waals surface area contributed by atoms with Crippen LogP contribution in [0, 0.1) is 19.8 Å². The van der Waals surface area contributed by atoms with Crippen LogP contribution in [0.15, 0.2) is 18.2 Å². The number of nitrogens with one attached hydrogen (secondary N) is 2. The summed E-state index contributed by atoms with van der Waals surface area (Å²) >= 11 is 0. The van der Waals surface area contributed by atoms with Gasteiger partial charge in [-0.1, -0.05) is 31.0 Å². The summed E-state index contributed by atoms with van der Waals surface area (Å²) in [5.74, 6) is -2.22. The SMILES string of the molecule is Cc1cc(C)cc(C(=O)NCC(=O)N[C@H](C(=O)O)C(C)C)c1. The highest BCUT2D eigenvalue weighted by molar-refractivity contribution is 5.97. The number of benzene rings is 1. The minimum atomic E-state index is -1.09. The first-order chi connectivity index (χ1) is 10.2. The van der Waals surface area contributed by atoms with E-state index in [4.69, 9.17) is 5.11 Å². The minimum Gasteiger partial charge on any atom is -0.480 e. The first-order valence-electron chi connectivity index (χ1n) is 7.09. The van der Waals surface area contributed by atoms with Gasteiger partial charge in [-0.25, -0.2) is 4.79 Å². The summed E-state index contributed by atoms with van der Waals surface area (Å²) in [6.45, 7) is 6.91. The predicted octanol–water partition coefficient (Wildman–Crippen LogP) is 1.26. The van der Waals surface area contributed by atoms with E-state index in [2.05, 4.69) is 10.6 Å². The number of carboxylic acid groups (broad SMARTS) is 1. The van der Waals surface area contributed by atoms with E-state index in [1.54, 1.807) is 26.0 Å². The first kappa shape index (κ1) is 17.7. The number of carboxylic acids is 1. The molecule has 0 radical (unpaired) electrons. The van der Waals surface area contributed by atoms with Gasteiger partial charge in [-0.15, -0.1) is 0 Å². The highest BCUT2D eigenvalue weighted by Crippen LogP contribution is 2.08. The molecule has 0 saturated heterocycles. The Labute approximate surface area is 129 Å². The number of aliphatic carboxylic acids is 1. The Balaban J connectivity index is 2.60. The summed E-state index contributed by atoms with van der Waals surface area (Å²) < 4.78 is 0. The van der Waals surface area contributed by atoms with Gasteiger partial charge in [0.1, 0.15) is 6.04 Å². The lowest BCUT2D eigenvalue weighted by Gasteiger charge is -2.18. The van der Waals surface area contributed by atoms with Gasteiger partial charge >= 0.3 is 5.97 Å². The van der Waals surface area contributed by atoms with E-state index in [0.717, 1.165) is 11.1 Å². The molecule has 1 rings (SSSR count). The lowest BCUT2D eigenvalue weighted by atomic mass is 10.0. The summed E-state index contributed by atoms with van der Waals surface area (Å²) in [4.78, 5) is 34.8. The van der Waals surface area contributed by atoms with E-state index < -0.39 is 17.9 Å². The van der Waals surface area contributed by atoms with Crippen molar-refractivity contribution < 1.29 is 19.5 Å². The highest BCUT2D eigenvalue weighted by Gasteiger charge is 2.23. The fourth-order valence-corrected chi connectivity index (χ4v) is 2.11. The molecule has 3 N–H and O–H groups in total. The molecule has 1 atom stereocenters. The second-order valence-electron chi connectivity index (χ2n) is 5.69. The van der Waals surface area contributed by atoms with Gasteiger partial charge in [0.25, 0.3) is 5.91 Å². The number of hydrogen-bond donors (Lipinski definition) is 3. The van der Waals surface area contributed by atoms with Crippen LogP contribution in [-0.2, 0) is 9.59 Å². The zero-order chi connectivity index (χ0) is 16.9. The van der Waals surface area contributed by atoms with Gasteiger partial charge < -0.3 is 15.7 Å². The third kappa shape index (κ3) is 5.20. The lowest BCUT2D eigenvalue weighted by Crippen LogP contribution is -2.48. The van der Waals surface area contributed by atoms with Gasteiger partial charge in [0.2, 0.25) is 5.91 Å². The Hall–Kier alpha value is -2.37. The normalized spacial score (nSPS) is 11.9. The van der Waals surface area contributed by atoms with E-state index in [-0.39, 0.29) is 18.4 Å². The molecule has 0 saturated carbocycles. The van der Waals surface area contributed by atoms with Crippen LogP contribution < -0.4 is 10.6 Å². The maximum Gasteiger partial charge on any atom is 0.326 e. The number of aryl methyl sites for hydroxylation is 2. The van der Waals surface area contributed by atoms with Gasteiger partial charge in [-0.2, -0.15) is 0 Å². The summed E-state index contributed by atoms with van der Waals surface area (Å²) in [6, 6.07) is 4.44. The molecule has 0 aliphatic rings. The third-order valence-electron chi connectivity index (χ3n) is 3.14. The Morgan fingerprint density at radius 1 is 1.09 bits per heavy atom. The molecule has 0 aliphatic carbocycles. The molecule has 120 valence electrons. The summed E-state index contributed by atoms with van der Waals surface area (Å²) in [7, 11) is 0. The molecule has 0 aliphatic heterocycles. The quantitative estimate of drug-likeness (QED) is 0.737. The number of rotatable bonds is 6. The van der Waals surface area contributed by atoms with Crippen molar-refractivity contribution in [1.82, 2.24) is 10.6 Å². The summed E-state index contributed by atoms with van der Waals surface area (Å²) in [6.07, 6.45) is 0. The smallest absolute Gasteiger partial charge is 0.326 e. The molecule has 22 heavy (non-hydrogen) atoms. The van der Waals surface area contributed by atoms with Crippen molar-refractivity contribution in [1.29, 1.82) is 0 Å². The molecule has 6 nitrogen and oxygen atoms in total. The zero-order valence-electron chi connectivity index (χ0n) is 13.3. The molecule has 1 aromatic carbocycles. The van der Waals surface area contributed by atoms with E-state index >= 15 is 0 Å². The second kappa shape index (κ2) is 7.59.